The van der Waals surface area contributed by atoms with Gasteiger partial charge in [-0.15, -0.1) is 0 Å². The number of aliphatic hydroxyl groups excluding tert-OH is 1. The average molecular weight is 449 g/mol. The lowest BCUT2D eigenvalue weighted by Crippen LogP contribution is -2.19. The Morgan fingerprint density at radius 2 is 1.19 bits per heavy atom. The highest BCUT2D eigenvalue weighted by Crippen LogP contribution is 2.13. The second kappa shape index (κ2) is 21.5. The monoisotopic (exact) mass is 448 g/mol. The van der Waals surface area contributed by atoms with Crippen LogP contribution in [0.15, 0.2) is 30.3 Å². The van der Waals surface area contributed by atoms with Gasteiger partial charge in [0, 0.05) is 13.0 Å². The maximum Gasteiger partial charge on any atom is 0.340 e. The van der Waals surface area contributed by atoms with Crippen LogP contribution in [0, 0.1) is 0 Å². The molecule has 1 aromatic carbocycles. The second-order valence-corrected chi connectivity index (χ2v) is 8.93. The molecule has 0 radical (unpaired) electrons. The maximum absolute atomic E-state index is 11.8. The van der Waals surface area contributed by atoms with Gasteiger partial charge in [-0.3, -0.25) is 0 Å². The van der Waals surface area contributed by atoms with Crippen molar-refractivity contribution in [1.29, 1.82) is 0 Å². The first-order valence-electron chi connectivity index (χ1n) is 13.3. The fourth-order valence-corrected chi connectivity index (χ4v) is 3.86. The Kier molecular flexibility index (Phi) is 19.2. The average Bonchev–Trinajstić information content (AvgIpc) is 2.81. The van der Waals surface area contributed by atoms with Crippen molar-refractivity contribution < 1.29 is 19.4 Å². The molecule has 0 saturated heterocycles. The molecule has 4 heteroatoms. The zero-order valence-electron chi connectivity index (χ0n) is 20.6. The SMILES string of the molecule is CCCCCCCCCCCCCCCCCCOCCC(O)OC(=O)c1ccccc1. The van der Waals surface area contributed by atoms with Gasteiger partial charge in [0.2, 0.25) is 6.29 Å². The van der Waals surface area contributed by atoms with Crippen LogP contribution in [0.5, 0.6) is 0 Å². The van der Waals surface area contributed by atoms with Crippen molar-refractivity contribution in [2.45, 2.75) is 122 Å². The second-order valence-electron chi connectivity index (χ2n) is 8.93. The molecule has 4 nitrogen and oxygen atoms in total. The van der Waals surface area contributed by atoms with Gasteiger partial charge in [0.05, 0.1) is 12.2 Å². The molecular weight excluding hydrogens is 400 g/mol. The van der Waals surface area contributed by atoms with E-state index in [-0.39, 0.29) is 0 Å². The van der Waals surface area contributed by atoms with Gasteiger partial charge in [-0.05, 0) is 18.6 Å². The number of hydrogen-bond donors (Lipinski definition) is 1. The normalized spacial score (nSPS) is 12.1. The number of carbonyl (C=O) groups excluding carboxylic acids is 1. The summed E-state index contributed by atoms with van der Waals surface area (Å²) >= 11 is 0. The van der Waals surface area contributed by atoms with Crippen LogP contribution >= 0.6 is 0 Å². The summed E-state index contributed by atoms with van der Waals surface area (Å²) < 4.78 is 10.6. The third-order valence-corrected chi connectivity index (χ3v) is 5.90. The van der Waals surface area contributed by atoms with Gasteiger partial charge >= 0.3 is 5.97 Å². The molecule has 0 saturated carbocycles. The molecule has 0 aliphatic heterocycles. The third kappa shape index (κ3) is 17.2. The van der Waals surface area contributed by atoms with E-state index in [4.69, 9.17) is 9.47 Å². The van der Waals surface area contributed by atoms with Gasteiger partial charge in [-0.25, -0.2) is 4.79 Å². The van der Waals surface area contributed by atoms with E-state index < -0.39 is 12.3 Å². The number of ether oxygens (including phenoxy) is 2. The molecule has 1 atom stereocenters. The smallest absolute Gasteiger partial charge is 0.340 e. The first-order chi connectivity index (χ1) is 15.7. The summed E-state index contributed by atoms with van der Waals surface area (Å²) in [6.07, 6.45) is 20.9. The van der Waals surface area contributed by atoms with Gasteiger partial charge in [-0.1, -0.05) is 121 Å². The molecule has 32 heavy (non-hydrogen) atoms. The van der Waals surface area contributed by atoms with E-state index in [1.54, 1.807) is 24.3 Å². The highest BCUT2D eigenvalue weighted by atomic mass is 16.6. The summed E-state index contributed by atoms with van der Waals surface area (Å²) in [4.78, 5) is 11.8. The molecular formula is C28H48O4. The minimum Gasteiger partial charge on any atom is -0.432 e. The quantitative estimate of drug-likeness (QED) is 0.112. The van der Waals surface area contributed by atoms with Gasteiger partial charge < -0.3 is 14.6 Å². The van der Waals surface area contributed by atoms with E-state index >= 15 is 0 Å². The molecule has 0 spiro atoms. The molecule has 0 heterocycles. The van der Waals surface area contributed by atoms with Crippen molar-refractivity contribution in [3.8, 4) is 0 Å². The number of esters is 1. The van der Waals surface area contributed by atoms with Crippen LogP contribution < -0.4 is 0 Å². The Hall–Kier alpha value is -1.39. The lowest BCUT2D eigenvalue weighted by molar-refractivity contribution is -0.0792. The number of aliphatic hydroxyl groups is 1. The Morgan fingerprint density at radius 3 is 1.69 bits per heavy atom. The van der Waals surface area contributed by atoms with Gasteiger partial charge in [0.25, 0.3) is 0 Å². The maximum atomic E-state index is 11.8. The minimum atomic E-state index is -1.12. The van der Waals surface area contributed by atoms with Crippen LogP contribution in [-0.2, 0) is 9.47 Å². The number of hydrogen-bond acceptors (Lipinski definition) is 4. The Balaban J connectivity index is 1.77. The minimum absolute atomic E-state index is 0.303. The lowest BCUT2D eigenvalue weighted by Gasteiger charge is -2.12. The summed E-state index contributed by atoms with van der Waals surface area (Å²) in [5, 5.41) is 9.80. The van der Waals surface area contributed by atoms with Crippen LogP contribution in [0.3, 0.4) is 0 Å². The van der Waals surface area contributed by atoms with Crippen molar-refractivity contribution in [2.24, 2.45) is 0 Å². The molecule has 0 bridgehead atoms. The Morgan fingerprint density at radius 1 is 0.719 bits per heavy atom. The molecule has 1 N–H and O–H groups in total. The van der Waals surface area contributed by atoms with Crippen LogP contribution in [0.2, 0.25) is 0 Å². The molecule has 1 rings (SSSR count). The molecule has 0 aromatic heterocycles. The van der Waals surface area contributed by atoms with Gasteiger partial charge in [-0.2, -0.15) is 0 Å². The molecule has 1 aromatic rings. The van der Waals surface area contributed by atoms with Crippen molar-refractivity contribution in [1.82, 2.24) is 0 Å². The highest BCUT2D eigenvalue weighted by molar-refractivity contribution is 5.89. The molecule has 0 aliphatic rings. The number of rotatable bonds is 22. The third-order valence-electron chi connectivity index (χ3n) is 5.90. The predicted molar refractivity (Wildman–Crippen MR) is 133 cm³/mol. The Labute approximate surface area is 197 Å². The number of unbranched alkanes of at least 4 members (excludes halogenated alkanes) is 15. The number of carbonyl (C=O) groups is 1. The summed E-state index contributed by atoms with van der Waals surface area (Å²) in [6, 6.07) is 8.71. The van der Waals surface area contributed by atoms with E-state index in [1.807, 2.05) is 6.07 Å². The molecule has 0 aliphatic carbocycles. The van der Waals surface area contributed by atoms with E-state index in [0.717, 1.165) is 6.42 Å². The van der Waals surface area contributed by atoms with Crippen molar-refractivity contribution >= 4 is 5.97 Å². The Bertz CT molecular complexity index is 531. The zero-order chi connectivity index (χ0) is 23.1. The topological polar surface area (TPSA) is 55.8 Å². The molecule has 184 valence electrons. The van der Waals surface area contributed by atoms with Crippen LogP contribution in [0.1, 0.15) is 126 Å². The largest absolute Gasteiger partial charge is 0.432 e. The fraction of sp³-hybridized carbons (Fsp3) is 0.750. The fourth-order valence-electron chi connectivity index (χ4n) is 3.86. The number of benzene rings is 1. The standard InChI is InChI=1S/C28H48O4/c1-2-3-4-5-6-7-8-9-10-11-12-13-14-15-16-20-24-31-25-23-27(29)32-28(30)26-21-18-17-19-22-26/h17-19,21-22,27,29H,2-16,20,23-25H2,1H3. The lowest BCUT2D eigenvalue weighted by atomic mass is 10.0. The van der Waals surface area contributed by atoms with Crippen LogP contribution in [-0.4, -0.2) is 30.6 Å². The summed E-state index contributed by atoms with van der Waals surface area (Å²) in [5.41, 5.74) is 0.445. The van der Waals surface area contributed by atoms with Crippen LogP contribution in [0.4, 0.5) is 0 Å². The van der Waals surface area contributed by atoms with Gasteiger partial charge in [0.1, 0.15) is 0 Å². The van der Waals surface area contributed by atoms with Crippen LogP contribution in [0.25, 0.3) is 0 Å². The van der Waals surface area contributed by atoms with Crippen molar-refractivity contribution in [3.05, 3.63) is 35.9 Å². The van der Waals surface area contributed by atoms with Crippen molar-refractivity contribution in [3.63, 3.8) is 0 Å². The molecule has 1 unspecified atom stereocenters. The van der Waals surface area contributed by atoms with E-state index in [0.29, 0.717) is 25.2 Å². The first kappa shape index (κ1) is 28.6. The summed E-state index contributed by atoms with van der Waals surface area (Å²) in [5.74, 6) is -0.504. The zero-order valence-corrected chi connectivity index (χ0v) is 20.6. The summed E-state index contributed by atoms with van der Waals surface area (Å²) in [6.45, 7) is 3.39. The molecule has 0 amide bonds. The van der Waals surface area contributed by atoms with E-state index in [1.165, 1.54) is 96.3 Å². The van der Waals surface area contributed by atoms with Crippen molar-refractivity contribution in [2.75, 3.05) is 13.2 Å². The highest BCUT2D eigenvalue weighted by Gasteiger charge is 2.12. The molecule has 0 fully saturated rings. The first-order valence-corrected chi connectivity index (χ1v) is 13.3. The van der Waals surface area contributed by atoms with E-state index in [9.17, 15) is 9.90 Å². The predicted octanol–water partition coefficient (Wildman–Crippen LogP) is 7.83. The van der Waals surface area contributed by atoms with E-state index in [2.05, 4.69) is 6.92 Å². The van der Waals surface area contributed by atoms with Gasteiger partial charge in [0.15, 0.2) is 0 Å². The summed E-state index contributed by atoms with van der Waals surface area (Å²) in [7, 11) is 0.